The highest BCUT2D eigenvalue weighted by Crippen LogP contribution is 2.31. The predicted octanol–water partition coefficient (Wildman–Crippen LogP) is 3.11. The van der Waals surface area contributed by atoms with Crippen LogP contribution >= 0.6 is 34.5 Å². The molecule has 0 aliphatic carbocycles. The quantitative estimate of drug-likeness (QED) is 0.912. The molecule has 1 amide bonds. The van der Waals surface area contributed by atoms with Crippen LogP contribution in [0.2, 0.25) is 8.67 Å². The maximum absolute atomic E-state index is 11.8. The standard InChI is InChI=1S/C11H9Cl2NO3S/c12-9-4-6(10(13)18-9)11(16)14-5-7(15)8-2-1-3-17-8/h1-4,7,15H,5H2,(H,14,16). The Balaban J connectivity index is 1.94. The highest BCUT2D eigenvalue weighted by Gasteiger charge is 2.16. The number of amides is 1. The SMILES string of the molecule is O=C(NCC(O)c1ccco1)c1cc(Cl)sc1Cl. The third-order valence-electron chi connectivity index (χ3n) is 2.23. The number of thiophene rings is 1. The van der Waals surface area contributed by atoms with Crippen molar-refractivity contribution in [1.29, 1.82) is 0 Å². The van der Waals surface area contributed by atoms with E-state index in [0.29, 0.717) is 20.0 Å². The zero-order valence-corrected chi connectivity index (χ0v) is 11.4. The Bertz CT molecular complexity index is 538. The van der Waals surface area contributed by atoms with Crippen LogP contribution in [0.15, 0.2) is 28.9 Å². The van der Waals surface area contributed by atoms with Gasteiger partial charge in [0, 0.05) is 0 Å². The summed E-state index contributed by atoms with van der Waals surface area (Å²) in [5, 5.41) is 12.3. The molecule has 4 nitrogen and oxygen atoms in total. The lowest BCUT2D eigenvalue weighted by Gasteiger charge is -2.08. The van der Waals surface area contributed by atoms with E-state index in [2.05, 4.69) is 5.32 Å². The van der Waals surface area contributed by atoms with Gasteiger partial charge in [-0.15, -0.1) is 11.3 Å². The highest BCUT2D eigenvalue weighted by molar-refractivity contribution is 7.20. The fourth-order valence-corrected chi connectivity index (χ4v) is 2.82. The largest absolute Gasteiger partial charge is 0.467 e. The van der Waals surface area contributed by atoms with Crippen LogP contribution in [0.4, 0.5) is 0 Å². The predicted molar refractivity (Wildman–Crippen MR) is 70.3 cm³/mol. The molecule has 2 N–H and O–H groups in total. The molecule has 2 aromatic heterocycles. The van der Waals surface area contributed by atoms with Gasteiger partial charge in [-0.3, -0.25) is 4.79 Å². The van der Waals surface area contributed by atoms with Gasteiger partial charge >= 0.3 is 0 Å². The van der Waals surface area contributed by atoms with Gasteiger partial charge < -0.3 is 14.8 Å². The van der Waals surface area contributed by atoms with Crippen LogP contribution in [0.5, 0.6) is 0 Å². The number of hydrogen-bond donors (Lipinski definition) is 2. The first-order chi connectivity index (χ1) is 8.58. The van der Waals surface area contributed by atoms with Gasteiger partial charge in [-0.05, 0) is 18.2 Å². The second-order valence-electron chi connectivity index (χ2n) is 3.48. The first kappa shape index (κ1) is 13.4. The minimum atomic E-state index is -0.892. The summed E-state index contributed by atoms with van der Waals surface area (Å²) in [6.45, 7) is 0.0378. The van der Waals surface area contributed by atoms with Gasteiger partial charge in [-0.1, -0.05) is 23.2 Å². The fraction of sp³-hybridized carbons (Fsp3) is 0.182. The molecular weight excluding hydrogens is 297 g/mol. The first-order valence-corrected chi connectivity index (χ1v) is 6.59. The van der Waals surface area contributed by atoms with Crippen molar-refractivity contribution in [3.63, 3.8) is 0 Å². The Morgan fingerprint density at radius 2 is 2.33 bits per heavy atom. The number of nitrogens with one attached hydrogen (secondary N) is 1. The first-order valence-electron chi connectivity index (χ1n) is 5.02. The van der Waals surface area contributed by atoms with E-state index >= 15 is 0 Å². The molecule has 96 valence electrons. The number of aliphatic hydroxyl groups excluding tert-OH is 1. The van der Waals surface area contributed by atoms with E-state index in [1.54, 1.807) is 12.1 Å². The Labute approximate surface area is 117 Å². The summed E-state index contributed by atoms with van der Waals surface area (Å²) in [6, 6.07) is 4.78. The van der Waals surface area contributed by atoms with Crippen LogP contribution in [-0.4, -0.2) is 17.6 Å². The summed E-state index contributed by atoms with van der Waals surface area (Å²) >= 11 is 12.7. The third-order valence-corrected chi connectivity index (χ3v) is 3.72. The average Bonchev–Trinajstić information content (AvgIpc) is 2.95. The summed E-state index contributed by atoms with van der Waals surface area (Å²) in [7, 11) is 0. The van der Waals surface area contributed by atoms with E-state index < -0.39 is 6.10 Å². The molecule has 1 unspecified atom stereocenters. The summed E-state index contributed by atoms with van der Waals surface area (Å²) in [6.07, 6.45) is 0.562. The second kappa shape index (κ2) is 5.75. The molecule has 0 saturated heterocycles. The number of furan rings is 1. The van der Waals surface area contributed by atoms with Crippen LogP contribution in [-0.2, 0) is 0 Å². The summed E-state index contributed by atoms with van der Waals surface area (Å²) < 4.78 is 5.78. The molecule has 7 heteroatoms. The lowest BCUT2D eigenvalue weighted by atomic mass is 10.2. The van der Waals surface area contributed by atoms with Crippen molar-refractivity contribution in [3.8, 4) is 0 Å². The van der Waals surface area contributed by atoms with Crippen LogP contribution in [0.3, 0.4) is 0 Å². The van der Waals surface area contributed by atoms with Gasteiger partial charge in [0.2, 0.25) is 0 Å². The van der Waals surface area contributed by atoms with E-state index in [9.17, 15) is 9.90 Å². The molecule has 0 aliphatic heterocycles. The van der Waals surface area contributed by atoms with E-state index in [1.165, 1.54) is 12.3 Å². The third kappa shape index (κ3) is 3.05. The molecule has 0 bridgehead atoms. The molecule has 0 aromatic carbocycles. The van der Waals surface area contributed by atoms with Crippen LogP contribution in [0.25, 0.3) is 0 Å². The lowest BCUT2D eigenvalue weighted by Crippen LogP contribution is -2.28. The Hall–Kier alpha value is -1.01. The molecule has 2 heterocycles. The van der Waals surface area contributed by atoms with E-state index in [0.717, 1.165) is 11.3 Å². The number of halogens is 2. The molecule has 1 atom stereocenters. The molecular formula is C11H9Cl2NO3S. The van der Waals surface area contributed by atoms with E-state index in [1.807, 2.05) is 0 Å². The maximum Gasteiger partial charge on any atom is 0.253 e. The van der Waals surface area contributed by atoms with Crippen molar-refractivity contribution >= 4 is 40.4 Å². The van der Waals surface area contributed by atoms with E-state index in [-0.39, 0.29) is 12.5 Å². The Kier molecular flexibility index (Phi) is 4.29. The lowest BCUT2D eigenvalue weighted by molar-refractivity contribution is 0.0901. The van der Waals surface area contributed by atoms with Crippen molar-refractivity contribution in [1.82, 2.24) is 5.32 Å². The molecule has 0 saturated carbocycles. The van der Waals surface area contributed by atoms with Gasteiger partial charge in [-0.2, -0.15) is 0 Å². The minimum absolute atomic E-state index is 0.0378. The van der Waals surface area contributed by atoms with Crippen molar-refractivity contribution in [3.05, 3.63) is 44.5 Å². The average molecular weight is 306 g/mol. The fourth-order valence-electron chi connectivity index (χ4n) is 1.36. The zero-order valence-electron chi connectivity index (χ0n) is 9.02. The maximum atomic E-state index is 11.8. The van der Waals surface area contributed by atoms with Gasteiger partial charge in [0.15, 0.2) is 0 Å². The smallest absolute Gasteiger partial charge is 0.253 e. The zero-order chi connectivity index (χ0) is 13.1. The number of aliphatic hydroxyl groups is 1. The van der Waals surface area contributed by atoms with Crippen LogP contribution in [0, 0.1) is 0 Å². The number of carbonyl (C=O) groups excluding carboxylic acids is 1. The van der Waals surface area contributed by atoms with Crippen LogP contribution < -0.4 is 5.32 Å². The molecule has 0 aliphatic rings. The van der Waals surface area contributed by atoms with Crippen molar-refractivity contribution in [2.24, 2.45) is 0 Å². The van der Waals surface area contributed by atoms with Crippen molar-refractivity contribution in [2.75, 3.05) is 6.54 Å². The monoisotopic (exact) mass is 305 g/mol. The normalized spacial score (nSPS) is 12.4. The van der Waals surface area contributed by atoms with Crippen molar-refractivity contribution < 1.29 is 14.3 Å². The molecule has 0 spiro atoms. The Morgan fingerprint density at radius 3 is 2.89 bits per heavy atom. The molecule has 2 rings (SSSR count). The topological polar surface area (TPSA) is 62.5 Å². The molecule has 0 fully saturated rings. The van der Waals surface area contributed by atoms with Gasteiger partial charge in [0.05, 0.1) is 22.7 Å². The van der Waals surface area contributed by atoms with E-state index in [4.69, 9.17) is 27.6 Å². The number of rotatable bonds is 4. The molecule has 18 heavy (non-hydrogen) atoms. The second-order valence-corrected chi connectivity index (χ2v) is 5.76. The molecule has 2 aromatic rings. The highest BCUT2D eigenvalue weighted by atomic mass is 35.5. The van der Waals surface area contributed by atoms with Crippen molar-refractivity contribution in [2.45, 2.75) is 6.10 Å². The summed E-state index contributed by atoms with van der Waals surface area (Å²) in [5.74, 6) is 0.0125. The van der Waals surface area contributed by atoms with Gasteiger partial charge in [0.1, 0.15) is 16.2 Å². The number of hydrogen-bond acceptors (Lipinski definition) is 4. The van der Waals surface area contributed by atoms with Gasteiger partial charge in [-0.25, -0.2) is 0 Å². The minimum Gasteiger partial charge on any atom is -0.467 e. The van der Waals surface area contributed by atoms with Crippen LogP contribution in [0.1, 0.15) is 22.2 Å². The Morgan fingerprint density at radius 1 is 1.56 bits per heavy atom. The number of carbonyl (C=O) groups is 1. The van der Waals surface area contributed by atoms with Gasteiger partial charge in [0.25, 0.3) is 5.91 Å². The summed E-state index contributed by atoms with van der Waals surface area (Å²) in [4.78, 5) is 11.8. The summed E-state index contributed by atoms with van der Waals surface area (Å²) in [5.41, 5.74) is 0.304. The molecule has 0 radical (unpaired) electrons.